The monoisotopic (exact) mass is 223 g/mol. The van der Waals surface area contributed by atoms with Gasteiger partial charge in [-0.3, -0.25) is 0 Å². The van der Waals surface area contributed by atoms with Gasteiger partial charge in [0.15, 0.2) is 0 Å². The van der Waals surface area contributed by atoms with E-state index in [-0.39, 0.29) is 0 Å². The topological polar surface area (TPSA) is 12.0 Å². The third-order valence-corrected chi connectivity index (χ3v) is 2.09. The molecule has 1 aliphatic rings. The molecule has 1 heteroatoms. The molecule has 0 saturated heterocycles. The summed E-state index contributed by atoms with van der Waals surface area (Å²) in [6.45, 7) is 14.3. The highest BCUT2D eigenvalue weighted by atomic mass is 14.8. The highest BCUT2D eigenvalue weighted by Crippen LogP contribution is 2.16. The molecule has 94 valence electrons. The van der Waals surface area contributed by atoms with E-state index in [4.69, 9.17) is 0 Å². The fourth-order valence-corrected chi connectivity index (χ4v) is 1.45. The molecule has 0 aromatic heterocycles. The van der Waals surface area contributed by atoms with E-state index in [1.54, 1.807) is 0 Å². The van der Waals surface area contributed by atoms with Crippen molar-refractivity contribution < 1.29 is 0 Å². The molecule has 0 bridgehead atoms. The zero-order chi connectivity index (χ0) is 12.8. The third kappa shape index (κ3) is 7.47. The third-order valence-electron chi connectivity index (χ3n) is 2.09. The Balaban J connectivity index is 0. The summed E-state index contributed by atoms with van der Waals surface area (Å²) in [5, 5.41) is 3.31. The van der Waals surface area contributed by atoms with E-state index in [2.05, 4.69) is 43.5 Å². The predicted molar refractivity (Wildman–Crippen MR) is 76.8 cm³/mol. The van der Waals surface area contributed by atoms with Crippen molar-refractivity contribution in [3.8, 4) is 0 Å². The fraction of sp³-hybridized carbons (Fsp3) is 0.600. The molecule has 0 fully saturated rings. The zero-order valence-corrected chi connectivity index (χ0v) is 11.9. The average molecular weight is 223 g/mol. The van der Waals surface area contributed by atoms with Crippen molar-refractivity contribution in [2.75, 3.05) is 13.1 Å². The summed E-state index contributed by atoms with van der Waals surface area (Å²) in [5.74, 6) is 0. The molecule has 1 nitrogen and oxygen atoms in total. The minimum absolute atomic E-state index is 1.02. The Labute approximate surface area is 102 Å². The lowest BCUT2D eigenvalue weighted by atomic mass is 10.00. The van der Waals surface area contributed by atoms with Crippen LogP contribution in [0.4, 0.5) is 0 Å². The van der Waals surface area contributed by atoms with E-state index in [9.17, 15) is 0 Å². The number of hydrogen-bond donors (Lipinski definition) is 1. The molecule has 0 radical (unpaired) electrons. The van der Waals surface area contributed by atoms with Crippen LogP contribution >= 0.6 is 0 Å². The number of rotatable bonds is 2. The van der Waals surface area contributed by atoms with Gasteiger partial charge in [0.2, 0.25) is 0 Å². The van der Waals surface area contributed by atoms with E-state index in [0.717, 1.165) is 19.5 Å². The maximum atomic E-state index is 3.31. The lowest BCUT2D eigenvalue weighted by Gasteiger charge is -2.14. The number of hydrogen-bond acceptors (Lipinski definition) is 1. The maximum absolute atomic E-state index is 3.31. The fourth-order valence-electron chi connectivity index (χ4n) is 1.45. The first-order valence-corrected chi connectivity index (χ1v) is 6.57. The van der Waals surface area contributed by atoms with Crippen LogP contribution in [0, 0.1) is 0 Å². The van der Waals surface area contributed by atoms with Gasteiger partial charge in [-0.25, -0.2) is 0 Å². The molecule has 0 aromatic carbocycles. The van der Waals surface area contributed by atoms with Crippen LogP contribution in [0.25, 0.3) is 0 Å². The van der Waals surface area contributed by atoms with Gasteiger partial charge < -0.3 is 5.32 Å². The standard InChI is InChI=1S/C11H17N.2C2H6/c1-3-5-10(4-2)11-6-8-12-9-7-11;2*1-2/h3-6,12H,7-9H2,1-2H3;2*1-2H3/b5-3-,10-4+;;. The minimum Gasteiger partial charge on any atom is -0.313 e. The lowest BCUT2D eigenvalue weighted by molar-refractivity contribution is 0.709. The number of allylic oxidation sites excluding steroid dienone is 4. The molecular formula is C15H29N. The van der Waals surface area contributed by atoms with Crippen molar-refractivity contribution in [2.45, 2.75) is 48.0 Å². The second kappa shape index (κ2) is 14.2. The molecule has 0 spiro atoms. The van der Waals surface area contributed by atoms with Crippen molar-refractivity contribution in [3.63, 3.8) is 0 Å². The van der Waals surface area contributed by atoms with E-state index in [1.807, 2.05) is 27.7 Å². The van der Waals surface area contributed by atoms with E-state index in [0.29, 0.717) is 0 Å². The molecule has 1 N–H and O–H groups in total. The smallest absolute Gasteiger partial charge is 0.0140 e. The molecule has 1 rings (SSSR count). The Morgan fingerprint density at radius 2 is 1.81 bits per heavy atom. The summed E-state index contributed by atoms with van der Waals surface area (Å²) in [7, 11) is 0. The van der Waals surface area contributed by atoms with Crippen LogP contribution in [0.1, 0.15) is 48.0 Å². The van der Waals surface area contributed by atoms with Crippen LogP contribution in [0.15, 0.2) is 35.5 Å². The molecule has 1 aliphatic heterocycles. The van der Waals surface area contributed by atoms with Gasteiger partial charge >= 0.3 is 0 Å². The first kappa shape index (κ1) is 17.6. The minimum atomic E-state index is 1.02. The molecule has 0 saturated carbocycles. The SMILES string of the molecule is C/C=C\C(=C/C)C1=CCNCC1.CC.CC. The number of nitrogens with one attached hydrogen (secondary N) is 1. The van der Waals surface area contributed by atoms with E-state index < -0.39 is 0 Å². The van der Waals surface area contributed by atoms with Gasteiger partial charge in [-0.15, -0.1) is 0 Å². The lowest BCUT2D eigenvalue weighted by Crippen LogP contribution is -2.20. The van der Waals surface area contributed by atoms with Gasteiger partial charge in [0.05, 0.1) is 0 Å². The average Bonchev–Trinajstić information content (AvgIpc) is 2.41. The second-order valence-electron chi connectivity index (χ2n) is 2.93. The molecule has 0 unspecified atom stereocenters. The van der Waals surface area contributed by atoms with Crippen molar-refractivity contribution in [2.24, 2.45) is 0 Å². The van der Waals surface area contributed by atoms with E-state index >= 15 is 0 Å². The van der Waals surface area contributed by atoms with Crippen molar-refractivity contribution in [1.82, 2.24) is 5.32 Å². The van der Waals surface area contributed by atoms with Gasteiger partial charge in [-0.05, 0) is 38.0 Å². The Kier molecular flexibility index (Phi) is 15.6. The summed E-state index contributed by atoms with van der Waals surface area (Å²) < 4.78 is 0. The summed E-state index contributed by atoms with van der Waals surface area (Å²) in [4.78, 5) is 0. The normalized spacial score (nSPS) is 15.6. The van der Waals surface area contributed by atoms with Crippen LogP contribution in [0.5, 0.6) is 0 Å². The zero-order valence-electron chi connectivity index (χ0n) is 11.9. The Bertz CT molecular complexity index is 222. The Morgan fingerprint density at radius 1 is 1.19 bits per heavy atom. The van der Waals surface area contributed by atoms with Crippen molar-refractivity contribution in [3.05, 3.63) is 35.5 Å². The molecule has 0 amide bonds. The maximum Gasteiger partial charge on any atom is 0.0140 e. The summed E-state index contributed by atoms with van der Waals surface area (Å²) in [6.07, 6.45) is 9.88. The highest BCUT2D eigenvalue weighted by molar-refractivity contribution is 5.40. The van der Waals surface area contributed by atoms with Crippen LogP contribution in [0.2, 0.25) is 0 Å². The van der Waals surface area contributed by atoms with Crippen molar-refractivity contribution >= 4 is 0 Å². The second-order valence-corrected chi connectivity index (χ2v) is 2.93. The molecular weight excluding hydrogens is 194 g/mol. The first-order valence-electron chi connectivity index (χ1n) is 6.57. The van der Waals surface area contributed by atoms with Gasteiger partial charge in [0.1, 0.15) is 0 Å². The molecule has 0 aromatic rings. The van der Waals surface area contributed by atoms with Crippen LogP contribution < -0.4 is 5.32 Å². The quantitative estimate of drug-likeness (QED) is 0.681. The van der Waals surface area contributed by atoms with Crippen LogP contribution in [-0.2, 0) is 0 Å². The van der Waals surface area contributed by atoms with Gasteiger partial charge in [0.25, 0.3) is 0 Å². The predicted octanol–water partition coefficient (Wildman–Crippen LogP) is 4.48. The summed E-state index contributed by atoms with van der Waals surface area (Å²) >= 11 is 0. The van der Waals surface area contributed by atoms with Gasteiger partial charge in [-0.2, -0.15) is 0 Å². The molecule has 1 heterocycles. The Morgan fingerprint density at radius 3 is 2.19 bits per heavy atom. The highest BCUT2D eigenvalue weighted by Gasteiger charge is 2.04. The molecule has 16 heavy (non-hydrogen) atoms. The first-order chi connectivity index (χ1) is 7.88. The molecule has 0 aliphatic carbocycles. The van der Waals surface area contributed by atoms with Gasteiger partial charge in [-0.1, -0.05) is 52.0 Å². The Hall–Kier alpha value is -0.820. The van der Waals surface area contributed by atoms with E-state index in [1.165, 1.54) is 11.1 Å². The van der Waals surface area contributed by atoms with Crippen LogP contribution in [-0.4, -0.2) is 13.1 Å². The largest absolute Gasteiger partial charge is 0.313 e. The van der Waals surface area contributed by atoms with Gasteiger partial charge in [0, 0.05) is 6.54 Å². The summed E-state index contributed by atoms with van der Waals surface area (Å²) in [5.41, 5.74) is 2.85. The summed E-state index contributed by atoms with van der Waals surface area (Å²) in [6, 6.07) is 0. The van der Waals surface area contributed by atoms with Crippen LogP contribution in [0.3, 0.4) is 0 Å². The molecule has 0 atom stereocenters. The van der Waals surface area contributed by atoms with Crippen molar-refractivity contribution in [1.29, 1.82) is 0 Å².